The first-order valence-corrected chi connectivity index (χ1v) is 6.16. The molecule has 1 aromatic heterocycles. The summed E-state index contributed by atoms with van der Waals surface area (Å²) in [6.45, 7) is 2.53. The van der Waals surface area contributed by atoms with Gasteiger partial charge < -0.3 is 5.32 Å². The second kappa shape index (κ2) is 6.00. The normalized spacial score (nSPS) is 10.3. The summed E-state index contributed by atoms with van der Waals surface area (Å²) >= 11 is 0. The zero-order chi connectivity index (χ0) is 12.8. The Labute approximate surface area is 107 Å². The minimum absolute atomic E-state index is 0.0905. The summed E-state index contributed by atoms with van der Waals surface area (Å²) in [7, 11) is 0. The molecular formula is C14H17N3O. The van der Waals surface area contributed by atoms with Crippen molar-refractivity contribution < 1.29 is 4.79 Å². The van der Waals surface area contributed by atoms with Crippen LogP contribution < -0.4 is 5.32 Å². The van der Waals surface area contributed by atoms with E-state index in [1.54, 1.807) is 10.9 Å². The molecule has 0 unspecified atom stereocenters. The van der Waals surface area contributed by atoms with Gasteiger partial charge in [-0.05, 0) is 24.1 Å². The highest BCUT2D eigenvalue weighted by Gasteiger charge is 2.05. The van der Waals surface area contributed by atoms with Crippen molar-refractivity contribution in [1.29, 1.82) is 0 Å². The third-order valence-electron chi connectivity index (χ3n) is 2.70. The number of rotatable bonds is 5. The number of benzene rings is 1. The molecule has 1 heterocycles. The van der Waals surface area contributed by atoms with Gasteiger partial charge in [0.2, 0.25) is 5.91 Å². The third-order valence-corrected chi connectivity index (χ3v) is 2.70. The summed E-state index contributed by atoms with van der Waals surface area (Å²) < 4.78 is 1.81. The zero-order valence-corrected chi connectivity index (χ0v) is 10.5. The summed E-state index contributed by atoms with van der Waals surface area (Å²) in [5, 5.41) is 7.14. The minimum atomic E-state index is 0.0905. The van der Waals surface area contributed by atoms with Crippen LogP contribution in [-0.4, -0.2) is 15.7 Å². The number of carbonyl (C=O) groups is 1. The van der Waals surface area contributed by atoms with E-state index >= 15 is 0 Å². The van der Waals surface area contributed by atoms with E-state index < -0.39 is 0 Å². The number of hydrogen-bond donors (Lipinski definition) is 1. The van der Waals surface area contributed by atoms with E-state index in [4.69, 9.17) is 0 Å². The number of para-hydroxylation sites is 1. The van der Waals surface area contributed by atoms with Crippen molar-refractivity contribution in [3.8, 4) is 5.69 Å². The van der Waals surface area contributed by atoms with Gasteiger partial charge in [0.15, 0.2) is 0 Å². The lowest BCUT2D eigenvalue weighted by Gasteiger charge is -2.10. The molecule has 0 bridgehead atoms. The fourth-order valence-electron chi connectivity index (χ4n) is 1.80. The predicted octanol–water partition coefficient (Wildman–Crippen LogP) is 2.29. The fraction of sp³-hybridized carbons (Fsp3) is 0.286. The number of nitrogens with zero attached hydrogens (tertiary/aromatic N) is 2. The monoisotopic (exact) mass is 243 g/mol. The quantitative estimate of drug-likeness (QED) is 0.875. The summed E-state index contributed by atoms with van der Waals surface area (Å²) in [6, 6.07) is 9.81. The maximum Gasteiger partial charge on any atom is 0.220 e. The van der Waals surface area contributed by atoms with Crippen LogP contribution in [0.2, 0.25) is 0 Å². The summed E-state index contributed by atoms with van der Waals surface area (Å²) in [5.74, 6) is 0.0905. The molecule has 4 heteroatoms. The van der Waals surface area contributed by atoms with Crippen LogP contribution in [0, 0.1) is 0 Å². The molecule has 18 heavy (non-hydrogen) atoms. The van der Waals surface area contributed by atoms with E-state index in [1.165, 1.54) is 0 Å². The van der Waals surface area contributed by atoms with Crippen LogP contribution in [0.1, 0.15) is 25.3 Å². The molecule has 94 valence electrons. The maximum atomic E-state index is 11.5. The maximum absolute atomic E-state index is 11.5. The molecule has 1 amide bonds. The molecule has 1 aromatic carbocycles. The van der Waals surface area contributed by atoms with Gasteiger partial charge in [-0.25, -0.2) is 4.68 Å². The highest BCUT2D eigenvalue weighted by Crippen LogP contribution is 2.13. The standard InChI is InChI=1S/C14H17N3O/c1-2-6-14(18)15-11-12-7-3-4-8-13(12)17-10-5-9-16-17/h3-5,7-10H,2,6,11H2,1H3,(H,15,18). The second-order valence-corrected chi connectivity index (χ2v) is 4.11. The molecule has 0 fully saturated rings. The first kappa shape index (κ1) is 12.4. The topological polar surface area (TPSA) is 46.9 Å². The Morgan fingerprint density at radius 1 is 1.33 bits per heavy atom. The van der Waals surface area contributed by atoms with Gasteiger partial charge in [-0.1, -0.05) is 25.1 Å². The van der Waals surface area contributed by atoms with Gasteiger partial charge in [-0.15, -0.1) is 0 Å². The number of aromatic nitrogens is 2. The average Bonchev–Trinajstić information content (AvgIpc) is 2.91. The third kappa shape index (κ3) is 2.97. The summed E-state index contributed by atoms with van der Waals surface area (Å²) in [6.07, 6.45) is 5.08. The van der Waals surface area contributed by atoms with Gasteiger partial charge in [-0.2, -0.15) is 5.10 Å². The van der Waals surface area contributed by atoms with Gasteiger partial charge in [-0.3, -0.25) is 4.79 Å². The molecule has 0 radical (unpaired) electrons. The molecule has 0 saturated heterocycles. The van der Waals surface area contributed by atoms with E-state index in [0.717, 1.165) is 17.7 Å². The lowest BCUT2D eigenvalue weighted by Crippen LogP contribution is -2.22. The Hall–Kier alpha value is -2.10. The molecule has 0 aliphatic rings. The Balaban J connectivity index is 2.11. The highest BCUT2D eigenvalue weighted by molar-refractivity contribution is 5.75. The van der Waals surface area contributed by atoms with Crippen LogP contribution in [-0.2, 0) is 11.3 Å². The van der Waals surface area contributed by atoms with Gasteiger partial charge in [0.1, 0.15) is 0 Å². The highest BCUT2D eigenvalue weighted by atomic mass is 16.1. The molecule has 0 aliphatic heterocycles. The molecule has 2 aromatic rings. The van der Waals surface area contributed by atoms with Crippen molar-refractivity contribution in [3.05, 3.63) is 48.3 Å². The predicted molar refractivity (Wildman–Crippen MR) is 70.3 cm³/mol. The van der Waals surface area contributed by atoms with Crippen LogP contribution in [0.5, 0.6) is 0 Å². The van der Waals surface area contributed by atoms with E-state index in [9.17, 15) is 4.79 Å². The van der Waals surface area contributed by atoms with E-state index in [1.807, 2.05) is 43.5 Å². The fourth-order valence-corrected chi connectivity index (χ4v) is 1.80. The van der Waals surface area contributed by atoms with E-state index in [-0.39, 0.29) is 5.91 Å². The molecule has 0 aliphatic carbocycles. The van der Waals surface area contributed by atoms with Crippen LogP contribution in [0.3, 0.4) is 0 Å². The van der Waals surface area contributed by atoms with Crippen molar-refractivity contribution in [2.45, 2.75) is 26.3 Å². The molecule has 0 spiro atoms. The number of hydrogen-bond acceptors (Lipinski definition) is 2. The van der Waals surface area contributed by atoms with Crippen molar-refractivity contribution in [2.75, 3.05) is 0 Å². The molecule has 0 saturated carbocycles. The molecule has 4 nitrogen and oxygen atoms in total. The number of carbonyl (C=O) groups excluding carboxylic acids is 1. The lowest BCUT2D eigenvalue weighted by molar-refractivity contribution is -0.121. The number of nitrogens with one attached hydrogen (secondary N) is 1. The van der Waals surface area contributed by atoms with Crippen LogP contribution >= 0.6 is 0 Å². The first-order chi connectivity index (χ1) is 8.81. The Kier molecular flexibility index (Phi) is 4.12. The smallest absolute Gasteiger partial charge is 0.220 e. The number of amides is 1. The van der Waals surface area contributed by atoms with E-state index in [2.05, 4.69) is 10.4 Å². The average molecular weight is 243 g/mol. The zero-order valence-electron chi connectivity index (χ0n) is 10.5. The summed E-state index contributed by atoms with van der Waals surface area (Å²) in [5.41, 5.74) is 2.06. The molecule has 0 atom stereocenters. The van der Waals surface area contributed by atoms with Gasteiger partial charge in [0.05, 0.1) is 5.69 Å². The van der Waals surface area contributed by atoms with Crippen molar-refractivity contribution in [2.24, 2.45) is 0 Å². The van der Waals surface area contributed by atoms with Gasteiger partial charge >= 0.3 is 0 Å². The van der Waals surface area contributed by atoms with Crippen molar-refractivity contribution in [3.63, 3.8) is 0 Å². The van der Waals surface area contributed by atoms with Crippen molar-refractivity contribution >= 4 is 5.91 Å². The SMILES string of the molecule is CCCC(=O)NCc1ccccc1-n1cccn1. The Morgan fingerprint density at radius 3 is 2.89 bits per heavy atom. The van der Waals surface area contributed by atoms with Crippen LogP contribution in [0.25, 0.3) is 5.69 Å². The summed E-state index contributed by atoms with van der Waals surface area (Å²) in [4.78, 5) is 11.5. The largest absolute Gasteiger partial charge is 0.352 e. The van der Waals surface area contributed by atoms with Gasteiger partial charge in [0, 0.05) is 25.4 Å². The van der Waals surface area contributed by atoms with Crippen LogP contribution in [0.15, 0.2) is 42.7 Å². The lowest BCUT2D eigenvalue weighted by atomic mass is 10.1. The Morgan fingerprint density at radius 2 is 2.17 bits per heavy atom. The first-order valence-electron chi connectivity index (χ1n) is 6.16. The molecule has 2 rings (SSSR count). The minimum Gasteiger partial charge on any atom is -0.352 e. The Bertz CT molecular complexity index is 506. The van der Waals surface area contributed by atoms with E-state index in [0.29, 0.717) is 13.0 Å². The second-order valence-electron chi connectivity index (χ2n) is 4.11. The molecule has 1 N–H and O–H groups in total. The molecular weight excluding hydrogens is 226 g/mol. The van der Waals surface area contributed by atoms with Crippen LogP contribution in [0.4, 0.5) is 0 Å². The van der Waals surface area contributed by atoms with Crippen molar-refractivity contribution in [1.82, 2.24) is 15.1 Å². The van der Waals surface area contributed by atoms with Gasteiger partial charge in [0.25, 0.3) is 0 Å².